The number of allylic oxidation sites excluding steroid dienone is 2. The highest BCUT2D eigenvalue weighted by Crippen LogP contribution is 2.17. The number of aliphatic carboxylic acids is 1. The number of esters is 1. The van der Waals surface area contributed by atoms with Crippen LogP contribution in [0.4, 0.5) is 0 Å². The molecule has 0 aliphatic carbocycles. The van der Waals surface area contributed by atoms with E-state index in [1.165, 1.54) is 89.9 Å². The molecule has 0 saturated carbocycles. The Balaban J connectivity index is 3.84. The van der Waals surface area contributed by atoms with Gasteiger partial charge in [0.1, 0.15) is 12.1 Å². The lowest BCUT2D eigenvalue weighted by molar-refractivity contribution is -0.150. The van der Waals surface area contributed by atoms with E-state index in [0.717, 1.165) is 51.4 Å². The predicted octanol–water partition coefficient (Wildman–Crippen LogP) is 9.56. The average molecular weight is 623 g/mol. The van der Waals surface area contributed by atoms with E-state index < -0.39 is 12.0 Å². The normalized spacial score (nSPS) is 12.8. The molecule has 0 aromatic heterocycles. The summed E-state index contributed by atoms with van der Waals surface area (Å²) in [6.07, 6.45) is 33.1. The zero-order chi connectivity index (χ0) is 32.5. The maximum Gasteiger partial charge on any atom is 0.326 e. The van der Waals surface area contributed by atoms with Gasteiger partial charge in [-0.25, -0.2) is 4.79 Å². The molecule has 0 aromatic carbocycles. The number of hydrogen-bond acceptors (Lipinski definition) is 5. The Kier molecular flexibility index (Phi) is 31.1. The quantitative estimate of drug-likeness (QED) is 0.0381. The minimum absolute atomic E-state index is 0.0477. The fraction of sp³-hybridized carbons (Fsp3) is 0.865. The lowest BCUT2D eigenvalue weighted by atomic mass is 10.0. The number of unbranched alkanes of at least 4 members (excludes halogenated alkanes) is 17. The zero-order valence-electron chi connectivity index (χ0n) is 28.8. The van der Waals surface area contributed by atoms with Crippen LogP contribution in [0.25, 0.3) is 0 Å². The van der Waals surface area contributed by atoms with Crippen LogP contribution in [0, 0.1) is 0 Å². The van der Waals surface area contributed by atoms with Gasteiger partial charge in [0.05, 0.1) is 0 Å². The molecule has 258 valence electrons. The highest BCUT2D eigenvalue weighted by molar-refractivity contribution is 5.83. The number of carboxylic acid groups (broad SMARTS) is 1. The highest BCUT2D eigenvalue weighted by Gasteiger charge is 2.19. The Morgan fingerprint density at radius 2 is 1.14 bits per heavy atom. The van der Waals surface area contributed by atoms with Crippen molar-refractivity contribution in [3.63, 3.8) is 0 Å². The van der Waals surface area contributed by atoms with Gasteiger partial charge in [-0.05, 0) is 77.2 Å². The molecule has 1 amide bonds. The molecule has 0 heterocycles. The Hall–Kier alpha value is -1.89. The third-order valence-electron chi connectivity index (χ3n) is 8.33. The third-order valence-corrected chi connectivity index (χ3v) is 8.33. The molecule has 0 fully saturated rings. The smallest absolute Gasteiger partial charge is 0.326 e. The molecule has 2 unspecified atom stereocenters. The first-order valence-electron chi connectivity index (χ1n) is 18.5. The van der Waals surface area contributed by atoms with Crippen LogP contribution < -0.4 is 11.1 Å². The van der Waals surface area contributed by atoms with Gasteiger partial charge in [0.15, 0.2) is 0 Å². The molecule has 7 nitrogen and oxygen atoms in total. The minimum atomic E-state index is -1.02. The molecule has 0 radical (unpaired) electrons. The van der Waals surface area contributed by atoms with Crippen molar-refractivity contribution in [2.45, 2.75) is 199 Å². The van der Waals surface area contributed by atoms with Gasteiger partial charge in [0.2, 0.25) is 5.91 Å². The first-order valence-corrected chi connectivity index (χ1v) is 18.5. The minimum Gasteiger partial charge on any atom is -0.480 e. The second-order valence-electron chi connectivity index (χ2n) is 12.6. The number of carboxylic acids is 1. The molecule has 2 atom stereocenters. The van der Waals surface area contributed by atoms with Crippen LogP contribution in [-0.2, 0) is 19.1 Å². The summed E-state index contributed by atoms with van der Waals surface area (Å²) in [6.45, 7) is 4.82. The lowest BCUT2D eigenvalue weighted by Crippen LogP contribution is -2.40. The van der Waals surface area contributed by atoms with Crippen molar-refractivity contribution >= 4 is 17.8 Å². The van der Waals surface area contributed by atoms with E-state index in [9.17, 15) is 19.5 Å². The van der Waals surface area contributed by atoms with E-state index >= 15 is 0 Å². The molecule has 0 spiro atoms. The van der Waals surface area contributed by atoms with Gasteiger partial charge < -0.3 is 20.9 Å². The molecule has 0 aliphatic heterocycles. The molecular weight excluding hydrogens is 552 g/mol. The average Bonchev–Trinajstić information content (AvgIpc) is 3.00. The first-order chi connectivity index (χ1) is 21.4. The van der Waals surface area contributed by atoms with Crippen LogP contribution in [0.1, 0.15) is 187 Å². The van der Waals surface area contributed by atoms with E-state index in [1.807, 2.05) is 0 Å². The molecule has 7 heteroatoms. The first kappa shape index (κ1) is 42.1. The molecule has 0 bridgehead atoms. The summed E-state index contributed by atoms with van der Waals surface area (Å²) >= 11 is 0. The van der Waals surface area contributed by atoms with Crippen LogP contribution in [0.5, 0.6) is 0 Å². The van der Waals surface area contributed by atoms with E-state index in [-0.39, 0.29) is 18.0 Å². The molecular formula is C37H70N2O5. The number of carbonyl (C=O) groups excluding carboxylic acids is 2. The van der Waals surface area contributed by atoms with Gasteiger partial charge in [-0.15, -0.1) is 0 Å². The molecule has 0 aromatic rings. The van der Waals surface area contributed by atoms with Crippen molar-refractivity contribution in [3.8, 4) is 0 Å². The third kappa shape index (κ3) is 28.9. The number of rotatable bonds is 33. The molecule has 0 aliphatic rings. The monoisotopic (exact) mass is 623 g/mol. The largest absolute Gasteiger partial charge is 0.480 e. The van der Waals surface area contributed by atoms with Gasteiger partial charge in [-0.1, -0.05) is 116 Å². The number of nitrogens with two attached hydrogens (primary N) is 1. The summed E-state index contributed by atoms with van der Waals surface area (Å²) in [4.78, 5) is 35.9. The second-order valence-corrected chi connectivity index (χ2v) is 12.6. The Morgan fingerprint density at radius 1 is 0.636 bits per heavy atom. The van der Waals surface area contributed by atoms with E-state index in [1.54, 1.807) is 0 Å². The van der Waals surface area contributed by atoms with Crippen LogP contribution >= 0.6 is 0 Å². The van der Waals surface area contributed by atoms with E-state index in [0.29, 0.717) is 38.6 Å². The molecule has 0 rings (SSSR count). The van der Waals surface area contributed by atoms with Gasteiger partial charge >= 0.3 is 11.9 Å². The zero-order valence-corrected chi connectivity index (χ0v) is 28.8. The van der Waals surface area contributed by atoms with Crippen molar-refractivity contribution in [1.29, 1.82) is 0 Å². The van der Waals surface area contributed by atoms with Gasteiger partial charge in [0, 0.05) is 12.8 Å². The van der Waals surface area contributed by atoms with E-state index in [4.69, 9.17) is 10.5 Å². The molecule has 4 N–H and O–H groups in total. The maximum absolute atomic E-state index is 12.5. The fourth-order valence-electron chi connectivity index (χ4n) is 5.49. The summed E-state index contributed by atoms with van der Waals surface area (Å²) < 4.78 is 5.83. The Morgan fingerprint density at radius 3 is 1.70 bits per heavy atom. The van der Waals surface area contributed by atoms with Crippen molar-refractivity contribution in [3.05, 3.63) is 12.2 Å². The van der Waals surface area contributed by atoms with Crippen molar-refractivity contribution in [2.75, 3.05) is 6.54 Å². The maximum atomic E-state index is 12.5. The fourth-order valence-corrected chi connectivity index (χ4v) is 5.49. The number of nitrogens with one attached hydrogen (secondary N) is 1. The van der Waals surface area contributed by atoms with Crippen LogP contribution in [0.3, 0.4) is 0 Å². The number of amides is 1. The van der Waals surface area contributed by atoms with Crippen molar-refractivity contribution in [2.24, 2.45) is 5.73 Å². The summed E-state index contributed by atoms with van der Waals surface area (Å²) in [5.41, 5.74) is 5.45. The molecule has 44 heavy (non-hydrogen) atoms. The van der Waals surface area contributed by atoms with Crippen molar-refractivity contribution in [1.82, 2.24) is 5.32 Å². The standard InChI is InChI=1S/C37H70N2O5/c1-3-5-7-8-9-10-11-12-13-14-15-16-17-18-19-20-21-25-31-36(41)44-33(27-6-4-2)28-23-22-24-30-35(40)39-34(37(42)43)29-26-32-38/h13-14,33-34H,3-12,15-32,38H2,1-2H3,(H,39,40)(H,42,43)/b14-13-. The SMILES string of the molecule is CCCCCCCCC/C=C\CCCCCCCCCC(=O)OC(CCCC)CCCCCC(=O)NC(CCCN)C(=O)O. The van der Waals surface area contributed by atoms with E-state index in [2.05, 4.69) is 31.3 Å². The number of ether oxygens (including phenoxy) is 1. The summed E-state index contributed by atoms with van der Waals surface area (Å²) in [6, 6.07) is -0.870. The number of carbonyl (C=O) groups is 3. The van der Waals surface area contributed by atoms with Crippen molar-refractivity contribution < 1.29 is 24.2 Å². The summed E-state index contributed by atoms with van der Waals surface area (Å²) in [7, 11) is 0. The number of hydrogen-bond donors (Lipinski definition) is 3. The summed E-state index contributed by atoms with van der Waals surface area (Å²) in [5, 5.41) is 11.8. The van der Waals surface area contributed by atoms with Crippen LogP contribution in [0.2, 0.25) is 0 Å². The van der Waals surface area contributed by atoms with Gasteiger partial charge in [-0.2, -0.15) is 0 Å². The van der Waals surface area contributed by atoms with Crippen LogP contribution in [-0.4, -0.2) is 41.6 Å². The predicted molar refractivity (Wildman–Crippen MR) is 184 cm³/mol. The Bertz CT molecular complexity index is 712. The molecule has 0 saturated heterocycles. The summed E-state index contributed by atoms with van der Waals surface area (Å²) in [5.74, 6) is -1.33. The van der Waals surface area contributed by atoms with Gasteiger partial charge in [0.25, 0.3) is 0 Å². The lowest BCUT2D eigenvalue weighted by Gasteiger charge is -2.18. The van der Waals surface area contributed by atoms with Crippen LogP contribution in [0.15, 0.2) is 12.2 Å². The highest BCUT2D eigenvalue weighted by atomic mass is 16.5. The topological polar surface area (TPSA) is 119 Å². The van der Waals surface area contributed by atoms with Gasteiger partial charge in [-0.3, -0.25) is 9.59 Å². The second kappa shape index (κ2) is 32.5. The Labute approximate surface area is 270 Å².